The third kappa shape index (κ3) is 2.08. The van der Waals surface area contributed by atoms with Crippen molar-refractivity contribution < 1.29 is 0 Å². The van der Waals surface area contributed by atoms with Crippen molar-refractivity contribution in [2.75, 3.05) is 5.32 Å². The van der Waals surface area contributed by atoms with Gasteiger partial charge in [0.05, 0.1) is 12.2 Å². The molecule has 0 bridgehead atoms. The lowest BCUT2D eigenvalue weighted by Gasteiger charge is -2.06. The quantitative estimate of drug-likeness (QED) is 0.848. The number of hydrogen-bond donors (Lipinski definition) is 1. The molecule has 0 amide bonds. The summed E-state index contributed by atoms with van der Waals surface area (Å²) in [6.45, 7) is 5.78. The molecule has 86 valence electrons. The van der Waals surface area contributed by atoms with E-state index < -0.39 is 0 Å². The van der Waals surface area contributed by atoms with Gasteiger partial charge in [0.15, 0.2) is 5.82 Å². The Balaban J connectivity index is 2.05. The topological polar surface area (TPSA) is 47.7 Å². The van der Waals surface area contributed by atoms with E-state index >= 15 is 0 Å². The van der Waals surface area contributed by atoms with Gasteiger partial charge in [0.2, 0.25) is 0 Å². The van der Waals surface area contributed by atoms with E-state index in [9.17, 15) is 0 Å². The van der Waals surface area contributed by atoms with E-state index in [0.717, 1.165) is 24.5 Å². The fourth-order valence-electron chi connectivity index (χ4n) is 1.75. The lowest BCUT2D eigenvalue weighted by molar-refractivity contribution is 0.627. The van der Waals surface area contributed by atoms with E-state index in [-0.39, 0.29) is 0 Å². The molecular weight excluding hydrogens is 202 g/mol. The summed E-state index contributed by atoms with van der Waals surface area (Å²) in [6.07, 6.45) is 3.82. The van der Waals surface area contributed by atoms with Crippen LogP contribution in [0.15, 0.2) is 18.5 Å². The Bertz CT molecular complexity index is 468. The van der Waals surface area contributed by atoms with E-state index in [2.05, 4.69) is 22.4 Å². The van der Waals surface area contributed by atoms with Gasteiger partial charge in [-0.1, -0.05) is 0 Å². The average molecular weight is 219 g/mol. The highest BCUT2D eigenvalue weighted by Gasteiger charge is 2.04. The van der Waals surface area contributed by atoms with Crippen LogP contribution in [0.3, 0.4) is 0 Å². The third-order valence-corrected chi connectivity index (χ3v) is 2.55. The van der Waals surface area contributed by atoms with E-state index in [1.54, 1.807) is 0 Å². The molecule has 0 fully saturated rings. The second kappa shape index (κ2) is 4.38. The summed E-state index contributed by atoms with van der Waals surface area (Å²) >= 11 is 0. The lowest BCUT2D eigenvalue weighted by Crippen LogP contribution is -2.08. The van der Waals surface area contributed by atoms with Crippen LogP contribution in [0.1, 0.15) is 18.2 Å². The summed E-state index contributed by atoms with van der Waals surface area (Å²) in [7, 11) is 1.93. The predicted molar refractivity (Wildman–Crippen MR) is 63.2 cm³/mol. The Morgan fingerprint density at radius 3 is 2.88 bits per heavy atom. The number of nitrogens with one attached hydrogen (secondary N) is 1. The molecule has 0 radical (unpaired) electrons. The van der Waals surface area contributed by atoms with Gasteiger partial charge >= 0.3 is 0 Å². The summed E-state index contributed by atoms with van der Waals surface area (Å²) in [5, 5.41) is 11.9. The predicted octanol–water partition coefficient (Wildman–Crippen LogP) is 1.56. The first kappa shape index (κ1) is 10.7. The van der Waals surface area contributed by atoms with E-state index in [4.69, 9.17) is 0 Å². The zero-order chi connectivity index (χ0) is 11.5. The molecule has 0 spiro atoms. The second-order valence-electron chi connectivity index (χ2n) is 3.83. The molecule has 2 aromatic heterocycles. The monoisotopic (exact) mass is 219 g/mol. The summed E-state index contributed by atoms with van der Waals surface area (Å²) in [5.74, 6) is 0.936. The highest BCUT2D eigenvalue weighted by atomic mass is 15.3. The summed E-state index contributed by atoms with van der Waals surface area (Å²) in [5.41, 5.74) is 2.33. The molecule has 0 saturated heterocycles. The zero-order valence-corrected chi connectivity index (χ0v) is 9.94. The zero-order valence-electron chi connectivity index (χ0n) is 9.94. The molecule has 0 aliphatic heterocycles. The van der Waals surface area contributed by atoms with E-state index in [1.165, 1.54) is 5.69 Å². The fraction of sp³-hybridized carbons (Fsp3) is 0.455. The minimum absolute atomic E-state index is 0.756. The van der Waals surface area contributed by atoms with Crippen LogP contribution >= 0.6 is 0 Å². The molecule has 0 aliphatic carbocycles. The van der Waals surface area contributed by atoms with Crippen molar-refractivity contribution in [3.8, 4) is 0 Å². The first-order valence-electron chi connectivity index (χ1n) is 5.45. The van der Waals surface area contributed by atoms with Crippen molar-refractivity contribution in [3.63, 3.8) is 0 Å². The largest absolute Gasteiger partial charge is 0.363 e. The van der Waals surface area contributed by atoms with Gasteiger partial charge < -0.3 is 5.32 Å². The third-order valence-electron chi connectivity index (χ3n) is 2.55. The molecule has 0 atom stereocenters. The Kier molecular flexibility index (Phi) is 2.94. The van der Waals surface area contributed by atoms with Gasteiger partial charge in [-0.3, -0.25) is 9.36 Å². The molecule has 2 aromatic rings. The summed E-state index contributed by atoms with van der Waals surface area (Å²) < 4.78 is 3.79. The summed E-state index contributed by atoms with van der Waals surface area (Å²) in [4.78, 5) is 0. The van der Waals surface area contributed by atoms with Crippen molar-refractivity contribution >= 4 is 5.82 Å². The standard InChI is InChI=1S/C11H17N5/c1-4-16-10(5-6-13-16)7-12-11-9(2)8-15(3)14-11/h5-6,8H,4,7H2,1-3H3,(H,12,14). The molecule has 0 aromatic carbocycles. The Morgan fingerprint density at radius 2 is 2.25 bits per heavy atom. The first-order valence-corrected chi connectivity index (χ1v) is 5.45. The number of aryl methyl sites for hydroxylation is 3. The number of hydrogen-bond acceptors (Lipinski definition) is 3. The van der Waals surface area contributed by atoms with Crippen molar-refractivity contribution in [1.29, 1.82) is 0 Å². The molecular formula is C11H17N5. The average Bonchev–Trinajstić information content (AvgIpc) is 2.81. The van der Waals surface area contributed by atoms with Crippen molar-refractivity contribution in [1.82, 2.24) is 19.6 Å². The Hall–Kier alpha value is -1.78. The van der Waals surface area contributed by atoms with Crippen LogP contribution in [-0.2, 0) is 20.1 Å². The number of nitrogens with zero attached hydrogens (tertiary/aromatic N) is 4. The lowest BCUT2D eigenvalue weighted by atomic mass is 10.3. The highest BCUT2D eigenvalue weighted by Crippen LogP contribution is 2.11. The Labute approximate surface area is 95.1 Å². The number of anilines is 1. The molecule has 5 heteroatoms. The van der Waals surface area contributed by atoms with Crippen LogP contribution in [0.25, 0.3) is 0 Å². The van der Waals surface area contributed by atoms with E-state index in [0.29, 0.717) is 0 Å². The van der Waals surface area contributed by atoms with Crippen molar-refractivity contribution in [2.45, 2.75) is 26.9 Å². The number of rotatable bonds is 4. The van der Waals surface area contributed by atoms with Gasteiger partial charge in [-0.25, -0.2) is 0 Å². The summed E-state index contributed by atoms with van der Waals surface area (Å²) in [6, 6.07) is 2.02. The van der Waals surface area contributed by atoms with Gasteiger partial charge in [0, 0.05) is 31.5 Å². The second-order valence-corrected chi connectivity index (χ2v) is 3.83. The van der Waals surface area contributed by atoms with E-state index in [1.807, 2.05) is 41.8 Å². The fourth-order valence-corrected chi connectivity index (χ4v) is 1.75. The van der Waals surface area contributed by atoms with Crippen LogP contribution < -0.4 is 5.32 Å². The van der Waals surface area contributed by atoms with Gasteiger partial charge in [0.1, 0.15) is 0 Å². The highest BCUT2D eigenvalue weighted by molar-refractivity contribution is 5.41. The van der Waals surface area contributed by atoms with Gasteiger partial charge in [-0.05, 0) is 19.9 Å². The molecule has 0 unspecified atom stereocenters. The van der Waals surface area contributed by atoms with Crippen molar-refractivity contribution in [3.05, 3.63) is 29.7 Å². The van der Waals surface area contributed by atoms with Crippen LogP contribution in [0, 0.1) is 6.92 Å². The van der Waals surface area contributed by atoms with Gasteiger partial charge in [-0.2, -0.15) is 10.2 Å². The molecule has 0 saturated carbocycles. The minimum Gasteiger partial charge on any atom is -0.363 e. The molecule has 2 rings (SSSR count). The molecule has 5 nitrogen and oxygen atoms in total. The maximum absolute atomic E-state index is 4.34. The SMILES string of the molecule is CCn1nccc1CNc1nn(C)cc1C. The van der Waals surface area contributed by atoms with Crippen LogP contribution in [0.2, 0.25) is 0 Å². The van der Waals surface area contributed by atoms with Crippen LogP contribution in [0.4, 0.5) is 5.82 Å². The maximum atomic E-state index is 4.34. The number of aromatic nitrogens is 4. The first-order chi connectivity index (χ1) is 7.70. The van der Waals surface area contributed by atoms with Crippen molar-refractivity contribution in [2.24, 2.45) is 7.05 Å². The van der Waals surface area contributed by atoms with Gasteiger partial charge in [0.25, 0.3) is 0 Å². The minimum atomic E-state index is 0.756. The van der Waals surface area contributed by atoms with Crippen LogP contribution in [0.5, 0.6) is 0 Å². The molecule has 0 aliphatic rings. The molecule has 2 heterocycles. The van der Waals surface area contributed by atoms with Crippen LogP contribution in [-0.4, -0.2) is 19.6 Å². The molecule has 1 N–H and O–H groups in total. The molecule has 16 heavy (non-hydrogen) atoms. The normalized spacial score (nSPS) is 10.7. The Morgan fingerprint density at radius 1 is 1.44 bits per heavy atom. The maximum Gasteiger partial charge on any atom is 0.151 e. The van der Waals surface area contributed by atoms with Gasteiger partial charge in [-0.15, -0.1) is 0 Å². The smallest absolute Gasteiger partial charge is 0.151 e.